The van der Waals surface area contributed by atoms with Crippen LogP contribution in [0.5, 0.6) is 5.75 Å². The van der Waals surface area contributed by atoms with Crippen molar-refractivity contribution in [2.24, 2.45) is 0 Å². The average molecular weight is 299 g/mol. The van der Waals surface area contributed by atoms with Gasteiger partial charge in [0.2, 0.25) is 10.0 Å². The van der Waals surface area contributed by atoms with E-state index in [0.29, 0.717) is 12.4 Å². The molecule has 6 nitrogen and oxygen atoms in total. The van der Waals surface area contributed by atoms with Gasteiger partial charge in [0.25, 0.3) is 0 Å². The number of sulfonamides is 1. The third kappa shape index (κ3) is 3.62. The molecule has 0 aromatic heterocycles. The first-order chi connectivity index (χ1) is 9.53. The summed E-state index contributed by atoms with van der Waals surface area (Å²) >= 11 is 0. The molecule has 0 aliphatic carbocycles. The van der Waals surface area contributed by atoms with Crippen molar-refractivity contribution < 1.29 is 13.2 Å². The summed E-state index contributed by atoms with van der Waals surface area (Å²) in [6, 6.07) is 4.64. The zero-order valence-corrected chi connectivity index (χ0v) is 12.4. The highest BCUT2D eigenvalue weighted by molar-refractivity contribution is 7.89. The van der Waals surface area contributed by atoms with E-state index in [9.17, 15) is 8.42 Å². The van der Waals surface area contributed by atoms with Gasteiger partial charge in [-0.1, -0.05) is 0 Å². The Hall–Kier alpha value is -1.31. The molecule has 0 unspecified atom stereocenters. The summed E-state index contributed by atoms with van der Waals surface area (Å²) in [5.41, 5.74) is 5.96. The standard InChI is InChI=1S/C13H21N3O3S/c1-15-20(17,18)13-5-4-11(10-12(13)14)19-9-8-16-6-2-3-7-16/h4-5,10,15H,2-3,6-9,14H2,1H3. The third-order valence-corrected chi connectivity index (χ3v) is 4.90. The van der Waals surface area contributed by atoms with E-state index >= 15 is 0 Å². The van der Waals surface area contributed by atoms with E-state index in [1.807, 2.05) is 0 Å². The summed E-state index contributed by atoms with van der Waals surface area (Å²) < 4.78 is 31.2. The van der Waals surface area contributed by atoms with Crippen LogP contribution in [0.15, 0.2) is 23.1 Å². The van der Waals surface area contributed by atoms with Crippen molar-refractivity contribution in [3.05, 3.63) is 18.2 Å². The molecule has 1 aliphatic rings. The molecule has 20 heavy (non-hydrogen) atoms. The van der Waals surface area contributed by atoms with E-state index < -0.39 is 10.0 Å². The lowest BCUT2D eigenvalue weighted by Gasteiger charge is -2.15. The van der Waals surface area contributed by atoms with Gasteiger partial charge in [-0.25, -0.2) is 13.1 Å². The van der Waals surface area contributed by atoms with Crippen LogP contribution in [0, 0.1) is 0 Å². The van der Waals surface area contributed by atoms with Crippen LogP contribution in [0.1, 0.15) is 12.8 Å². The van der Waals surface area contributed by atoms with Gasteiger partial charge in [-0.05, 0) is 45.1 Å². The highest BCUT2D eigenvalue weighted by Crippen LogP contribution is 2.23. The van der Waals surface area contributed by atoms with Crippen LogP contribution in [0.2, 0.25) is 0 Å². The van der Waals surface area contributed by atoms with Crippen LogP contribution in [-0.4, -0.2) is 46.6 Å². The Labute approximate surface area is 120 Å². The Bertz CT molecular complexity index is 554. The number of nitrogens with zero attached hydrogens (tertiary/aromatic N) is 1. The predicted molar refractivity (Wildman–Crippen MR) is 78.3 cm³/mol. The molecule has 0 saturated carbocycles. The summed E-state index contributed by atoms with van der Waals surface area (Å²) in [5.74, 6) is 0.594. The van der Waals surface area contributed by atoms with Gasteiger partial charge in [-0.3, -0.25) is 4.90 Å². The summed E-state index contributed by atoms with van der Waals surface area (Å²) in [4.78, 5) is 2.43. The number of likely N-dealkylation sites (tertiary alicyclic amines) is 1. The molecule has 1 heterocycles. The van der Waals surface area contributed by atoms with Crippen molar-refractivity contribution in [1.82, 2.24) is 9.62 Å². The molecule has 1 saturated heterocycles. The van der Waals surface area contributed by atoms with E-state index in [-0.39, 0.29) is 10.6 Å². The minimum absolute atomic E-state index is 0.0758. The normalized spacial score (nSPS) is 16.4. The first-order valence-electron chi connectivity index (χ1n) is 6.71. The highest BCUT2D eigenvalue weighted by Gasteiger charge is 2.16. The lowest BCUT2D eigenvalue weighted by molar-refractivity contribution is 0.238. The molecule has 1 aromatic carbocycles. The van der Waals surface area contributed by atoms with Crippen LogP contribution >= 0.6 is 0 Å². The zero-order chi connectivity index (χ0) is 14.6. The Morgan fingerprint density at radius 1 is 1.35 bits per heavy atom. The molecular weight excluding hydrogens is 278 g/mol. The molecule has 1 fully saturated rings. The lowest BCUT2D eigenvalue weighted by atomic mass is 10.3. The molecule has 3 N–H and O–H groups in total. The van der Waals surface area contributed by atoms with E-state index in [1.165, 1.54) is 26.0 Å². The number of anilines is 1. The fourth-order valence-corrected chi connectivity index (χ4v) is 3.11. The molecule has 7 heteroatoms. The first-order valence-corrected chi connectivity index (χ1v) is 8.19. The quantitative estimate of drug-likeness (QED) is 0.754. The number of benzene rings is 1. The van der Waals surface area contributed by atoms with E-state index in [0.717, 1.165) is 19.6 Å². The molecular formula is C13H21N3O3S. The summed E-state index contributed by atoms with van der Waals surface area (Å²) in [6.07, 6.45) is 2.51. The fourth-order valence-electron chi connectivity index (χ4n) is 2.27. The summed E-state index contributed by atoms with van der Waals surface area (Å²) in [7, 11) is -2.16. The monoisotopic (exact) mass is 299 g/mol. The molecule has 0 radical (unpaired) electrons. The number of hydrogen-bond acceptors (Lipinski definition) is 5. The van der Waals surface area contributed by atoms with Crippen LogP contribution in [-0.2, 0) is 10.0 Å². The van der Waals surface area contributed by atoms with Crippen LogP contribution in [0.25, 0.3) is 0 Å². The van der Waals surface area contributed by atoms with Crippen molar-refractivity contribution in [3.63, 3.8) is 0 Å². The Kier molecular flexibility index (Phi) is 4.85. The molecule has 0 bridgehead atoms. The minimum atomic E-state index is -3.52. The second-order valence-electron chi connectivity index (χ2n) is 4.80. The van der Waals surface area contributed by atoms with Crippen molar-refractivity contribution >= 4 is 15.7 Å². The molecule has 1 aliphatic heterocycles. The third-order valence-electron chi connectivity index (χ3n) is 3.41. The molecule has 0 atom stereocenters. The van der Waals surface area contributed by atoms with E-state index in [4.69, 9.17) is 10.5 Å². The molecule has 2 rings (SSSR count). The molecule has 1 aromatic rings. The molecule has 112 valence electrons. The topological polar surface area (TPSA) is 84.7 Å². The second kappa shape index (κ2) is 6.43. The van der Waals surface area contributed by atoms with E-state index in [1.54, 1.807) is 12.1 Å². The molecule has 0 spiro atoms. The van der Waals surface area contributed by atoms with Crippen molar-refractivity contribution in [3.8, 4) is 5.75 Å². The lowest BCUT2D eigenvalue weighted by Crippen LogP contribution is -2.25. The predicted octanol–water partition coefficient (Wildman–Crippen LogP) is 0.651. The van der Waals surface area contributed by atoms with Crippen molar-refractivity contribution in [1.29, 1.82) is 0 Å². The number of nitrogen functional groups attached to an aromatic ring is 1. The number of nitrogens with one attached hydrogen (secondary N) is 1. The van der Waals surface area contributed by atoms with Crippen LogP contribution < -0.4 is 15.2 Å². The van der Waals surface area contributed by atoms with Gasteiger partial charge in [0, 0.05) is 12.6 Å². The maximum atomic E-state index is 11.7. The largest absolute Gasteiger partial charge is 0.492 e. The zero-order valence-electron chi connectivity index (χ0n) is 11.6. The minimum Gasteiger partial charge on any atom is -0.492 e. The van der Waals surface area contributed by atoms with Crippen LogP contribution in [0.3, 0.4) is 0 Å². The number of ether oxygens (including phenoxy) is 1. The molecule has 0 amide bonds. The summed E-state index contributed by atoms with van der Waals surface area (Å²) in [5, 5.41) is 0. The Balaban J connectivity index is 1.95. The van der Waals surface area contributed by atoms with Gasteiger partial charge >= 0.3 is 0 Å². The number of hydrogen-bond donors (Lipinski definition) is 2. The highest BCUT2D eigenvalue weighted by atomic mass is 32.2. The van der Waals surface area contributed by atoms with Gasteiger partial charge < -0.3 is 10.5 Å². The SMILES string of the molecule is CNS(=O)(=O)c1ccc(OCCN2CCCC2)cc1N. The van der Waals surface area contributed by atoms with Crippen molar-refractivity contribution in [2.75, 3.05) is 39.0 Å². The van der Waals surface area contributed by atoms with Crippen molar-refractivity contribution in [2.45, 2.75) is 17.7 Å². The summed E-state index contributed by atoms with van der Waals surface area (Å²) in [6.45, 7) is 3.73. The van der Waals surface area contributed by atoms with Gasteiger partial charge in [-0.15, -0.1) is 0 Å². The van der Waals surface area contributed by atoms with Gasteiger partial charge in [0.1, 0.15) is 17.3 Å². The first kappa shape index (κ1) is 15.1. The number of rotatable bonds is 6. The smallest absolute Gasteiger partial charge is 0.242 e. The van der Waals surface area contributed by atoms with Gasteiger partial charge in [0.05, 0.1) is 5.69 Å². The number of nitrogens with two attached hydrogens (primary N) is 1. The van der Waals surface area contributed by atoms with E-state index in [2.05, 4.69) is 9.62 Å². The van der Waals surface area contributed by atoms with Gasteiger partial charge in [0.15, 0.2) is 0 Å². The van der Waals surface area contributed by atoms with Gasteiger partial charge in [-0.2, -0.15) is 0 Å². The second-order valence-corrected chi connectivity index (χ2v) is 6.66. The fraction of sp³-hybridized carbons (Fsp3) is 0.538. The Morgan fingerprint density at radius 2 is 2.05 bits per heavy atom. The maximum absolute atomic E-state index is 11.7. The maximum Gasteiger partial charge on any atom is 0.242 e. The van der Waals surface area contributed by atoms with Crippen LogP contribution in [0.4, 0.5) is 5.69 Å². The Morgan fingerprint density at radius 3 is 2.65 bits per heavy atom. The average Bonchev–Trinajstić information content (AvgIpc) is 2.92.